The van der Waals surface area contributed by atoms with Gasteiger partial charge in [-0.25, -0.2) is 9.59 Å². The Morgan fingerprint density at radius 2 is 1.57 bits per heavy atom. The normalized spacial score (nSPS) is 10.2. The van der Waals surface area contributed by atoms with Gasteiger partial charge in [0.25, 0.3) is 0 Å². The summed E-state index contributed by atoms with van der Waals surface area (Å²) in [5, 5.41) is 0. The molecule has 2 aromatic carbocycles. The van der Waals surface area contributed by atoms with Gasteiger partial charge in [0.1, 0.15) is 5.75 Å². The number of halogens is 1. The summed E-state index contributed by atoms with van der Waals surface area (Å²) in [4.78, 5) is 24.4. The first-order valence-corrected chi connectivity index (χ1v) is 8.15. The minimum Gasteiger partial charge on any atom is -0.462 e. The van der Waals surface area contributed by atoms with Gasteiger partial charge in [-0.2, -0.15) is 0 Å². The summed E-state index contributed by atoms with van der Waals surface area (Å²) < 4.78 is 11.4. The molecule has 0 atom stereocenters. The average molecular weight is 377 g/mol. The van der Waals surface area contributed by atoms with Crippen LogP contribution in [0.15, 0.2) is 53.0 Å². The van der Waals surface area contributed by atoms with E-state index in [2.05, 4.69) is 15.9 Å². The molecule has 0 fully saturated rings. The molecule has 5 heteroatoms. The van der Waals surface area contributed by atoms with Gasteiger partial charge in [0.2, 0.25) is 0 Å². The maximum absolute atomic E-state index is 12.3. The van der Waals surface area contributed by atoms with Crippen molar-refractivity contribution >= 4 is 27.9 Å². The smallest absolute Gasteiger partial charge is 0.344 e. The highest BCUT2D eigenvalue weighted by atomic mass is 79.9. The quantitative estimate of drug-likeness (QED) is 0.419. The lowest BCUT2D eigenvalue weighted by Gasteiger charge is -2.09. The third-order valence-corrected chi connectivity index (χ3v) is 3.65. The highest BCUT2D eigenvalue weighted by Crippen LogP contribution is 2.19. The van der Waals surface area contributed by atoms with Crippen LogP contribution in [0.4, 0.5) is 0 Å². The van der Waals surface area contributed by atoms with E-state index in [0.717, 1.165) is 17.3 Å². The molecular formula is C18H17BrO4. The van der Waals surface area contributed by atoms with E-state index in [1.165, 1.54) is 0 Å². The van der Waals surface area contributed by atoms with Crippen LogP contribution in [0.5, 0.6) is 5.75 Å². The summed E-state index contributed by atoms with van der Waals surface area (Å²) in [6.45, 7) is 2.35. The Morgan fingerprint density at radius 1 is 0.957 bits per heavy atom. The molecule has 2 aromatic rings. The van der Waals surface area contributed by atoms with Crippen molar-refractivity contribution < 1.29 is 19.1 Å². The van der Waals surface area contributed by atoms with Gasteiger partial charge in [0, 0.05) is 4.47 Å². The van der Waals surface area contributed by atoms with Gasteiger partial charge in [-0.3, -0.25) is 0 Å². The lowest BCUT2D eigenvalue weighted by Crippen LogP contribution is -2.16. The Labute approximate surface area is 143 Å². The maximum atomic E-state index is 12.3. The number of rotatable bonds is 6. The predicted octanol–water partition coefficient (Wildman–Crippen LogP) is 4.63. The lowest BCUT2D eigenvalue weighted by molar-refractivity contribution is 0.0491. The molecule has 0 saturated heterocycles. The van der Waals surface area contributed by atoms with Crippen LogP contribution < -0.4 is 4.74 Å². The number of hydrogen-bond donors (Lipinski definition) is 0. The summed E-state index contributed by atoms with van der Waals surface area (Å²) in [7, 11) is 0. The van der Waals surface area contributed by atoms with Gasteiger partial charge >= 0.3 is 11.9 Å². The van der Waals surface area contributed by atoms with Crippen molar-refractivity contribution in [3.63, 3.8) is 0 Å². The van der Waals surface area contributed by atoms with E-state index in [0.29, 0.717) is 12.4 Å². The molecule has 0 unspecified atom stereocenters. The van der Waals surface area contributed by atoms with Crippen LogP contribution in [0, 0.1) is 0 Å². The van der Waals surface area contributed by atoms with Crippen molar-refractivity contribution in [2.75, 3.05) is 6.61 Å². The SMILES string of the molecule is CCCCOC(=O)c1ccccc1C(=O)Oc1ccc(Br)cc1. The van der Waals surface area contributed by atoms with E-state index in [4.69, 9.17) is 9.47 Å². The molecule has 0 aliphatic heterocycles. The van der Waals surface area contributed by atoms with E-state index in [9.17, 15) is 9.59 Å². The fourth-order valence-corrected chi connectivity index (χ4v) is 2.16. The zero-order chi connectivity index (χ0) is 16.7. The number of carbonyl (C=O) groups excluding carboxylic acids is 2. The molecule has 120 valence electrons. The van der Waals surface area contributed by atoms with Crippen molar-refractivity contribution in [3.05, 3.63) is 64.1 Å². The minimum atomic E-state index is -0.588. The molecule has 0 radical (unpaired) electrons. The van der Waals surface area contributed by atoms with Crippen LogP contribution >= 0.6 is 15.9 Å². The van der Waals surface area contributed by atoms with E-state index >= 15 is 0 Å². The van der Waals surface area contributed by atoms with Gasteiger partial charge < -0.3 is 9.47 Å². The highest BCUT2D eigenvalue weighted by molar-refractivity contribution is 9.10. The van der Waals surface area contributed by atoms with E-state index < -0.39 is 11.9 Å². The number of benzene rings is 2. The van der Waals surface area contributed by atoms with Crippen LogP contribution in [0.3, 0.4) is 0 Å². The fourth-order valence-electron chi connectivity index (χ4n) is 1.89. The van der Waals surface area contributed by atoms with Crippen LogP contribution in [-0.4, -0.2) is 18.5 Å². The highest BCUT2D eigenvalue weighted by Gasteiger charge is 2.19. The third kappa shape index (κ3) is 4.93. The Bertz CT molecular complexity index is 680. The molecule has 0 N–H and O–H groups in total. The molecule has 0 saturated carbocycles. The van der Waals surface area contributed by atoms with Crippen molar-refractivity contribution in [1.82, 2.24) is 0 Å². The Hall–Kier alpha value is -2.14. The van der Waals surface area contributed by atoms with Crippen molar-refractivity contribution in [3.8, 4) is 5.75 Å². The molecular weight excluding hydrogens is 360 g/mol. The monoisotopic (exact) mass is 376 g/mol. The van der Waals surface area contributed by atoms with E-state index in [1.54, 1.807) is 48.5 Å². The van der Waals surface area contributed by atoms with Gasteiger partial charge in [-0.1, -0.05) is 41.4 Å². The molecule has 4 nitrogen and oxygen atoms in total. The standard InChI is InChI=1S/C18H17BrO4/c1-2-3-12-22-17(20)15-6-4-5-7-16(15)18(21)23-14-10-8-13(19)9-11-14/h4-11H,2-3,12H2,1H3. The van der Waals surface area contributed by atoms with Crippen LogP contribution in [0.2, 0.25) is 0 Å². The second-order valence-electron chi connectivity index (χ2n) is 4.88. The van der Waals surface area contributed by atoms with Gasteiger partial charge in [0.05, 0.1) is 17.7 Å². The molecule has 2 rings (SSSR count). The molecule has 0 aromatic heterocycles. The molecule has 0 amide bonds. The molecule has 0 aliphatic rings. The summed E-state index contributed by atoms with van der Waals surface area (Å²) in [6, 6.07) is 13.4. The predicted molar refractivity (Wildman–Crippen MR) is 90.7 cm³/mol. The maximum Gasteiger partial charge on any atom is 0.344 e. The topological polar surface area (TPSA) is 52.6 Å². The molecule has 23 heavy (non-hydrogen) atoms. The first kappa shape index (κ1) is 17.2. The summed E-state index contributed by atoms with van der Waals surface area (Å²) in [5.41, 5.74) is 0.405. The lowest BCUT2D eigenvalue weighted by atomic mass is 10.1. The molecule has 0 heterocycles. The van der Waals surface area contributed by atoms with E-state index in [-0.39, 0.29) is 11.1 Å². The summed E-state index contributed by atoms with van der Waals surface area (Å²) >= 11 is 3.32. The largest absolute Gasteiger partial charge is 0.462 e. The fraction of sp³-hybridized carbons (Fsp3) is 0.222. The third-order valence-electron chi connectivity index (χ3n) is 3.12. The molecule has 0 spiro atoms. The van der Waals surface area contributed by atoms with Crippen LogP contribution in [-0.2, 0) is 4.74 Å². The number of hydrogen-bond acceptors (Lipinski definition) is 4. The van der Waals surface area contributed by atoms with Gasteiger partial charge in [-0.15, -0.1) is 0 Å². The van der Waals surface area contributed by atoms with Gasteiger partial charge in [-0.05, 0) is 42.8 Å². The summed E-state index contributed by atoms with van der Waals surface area (Å²) in [5.74, 6) is -0.690. The van der Waals surface area contributed by atoms with Crippen LogP contribution in [0.1, 0.15) is 40.5 Å². The Kier molecular flexibility index (Phi) is 6.35. The van der Waals surface area contributed by atoms with Crippen molar-refractivity contribution in [1.29, 1.82) is 0 Å². The number of carbonyl (C=O) groups is 2. The number of ether oxygens (including phenoxy) is 2. The second kappa shape index (κ2) is 8.48. The Morgan fingerprint density at radius 3 is 2.17 bits per heavy atom. The van der Waals surface area contributed by atoms with Gasteiger partial charge in [0.15, 0.2) is 0 Å². The number of esters is 2. The molecule has 0 aliphatic carbocycles. The zero-order valence-electron chi connectivity index (χ0n) is 12.8. The van der Waals surface area contributed by atoms with Crippen LogP contribution in [0.25, 0.3) is 0 Å². The van der Waals surface area contributed by atoms with E-state index in [1.807, 2.05) is 6.92 Å². The first-order valence-electron chi connectivity index (χ1n) is 7.35. The average Bonchev–Trinajstić information content (AvgIpc) is 2.57. The molecule has 0 bridgehead atoms. The van der Waals surface area contributed by atoms with Crippen molar-refractivity contribution in [2.24, 2.45) is 0 Å². The zero-order valence-corrected chi connectivity index (χ0v) is 14.3. The van der Waals surface area contributed by atoms with Crippen molar-refractivity contribution in [2.45, 2.75) is 19.8 Å². The first-order chi connectivity index (χ1) is 11.1. The second-order valence-corrected chi connectivity index (χ2v) is 5.79. The minimum absolute atomic E-state index is 0.192. The number of unbranched alkanes of at least 4 members (excludes halogenated alkanes) is 1. The Balaban J connectivity index is 2.13. The summed E-state index contributed by atoms with van der Waals surface area (Å²) in [6.07, 6.45) is 1.72.